The van der Waals surface area contributed by atoms with Crippen molar-refractivity contribution in [1.82, 2.24) is 5.32 Å². The number of rotatable bonds is 7. The molecule has 0 aromatic heterocycles. The second kappa shape index (κ2) is 8.72. The van der Waals surface area contributed by atoms with Gasteiger partial charge in [0.1, 0.15) is 5.75 Å². The number of hydrogen-bond donors (Lipinski definition) is 1. The molecule has 5 nitrogen and oxygen atoms in total. The summed E-state index contributed by atoms with van der Waals surface area (Å²) in [6, 6.07) is 14.9. The van der Waals surface area contributed by atoms with E-state index in [4.69, 9.17) is 9.47 Å². The number of carbonyl (C=O) groups is 2. The molecule has 24 heavy (non-hydrogen) atoms. The number of methoxy groups -OCH3 is 1. The highest BCUT2D eigenvalue weighted by Crippen LogP contribution is 2.12. The molecule has 2 aromatic rings. The molecule has 2 rings (SSSR count). The lowest BCUT2D eigenvalue weighted by Crippen LogP contribution is -2.28. The van der Waals surface area contributed by atoms with Gasteiger partial charge in [-0.1, -0.05) is 36.4 Å². The van der Waals surface area contributed by atoms with Gasteiger partial charge in [-0.2, -0.15) is 0 Å². The molecular weight excluding hydrogens is 306 g/mol. The van der Waals surface area contributed by atoms with E-state index in [9.17, 15) is 9.59 Å². The van der Waals surface area contributed by atoms with Crippen molar-refractivity contribution in [2.75, 3.05) is 13.7 Å². The fraction of sp³-hybridized carbons (Fsp3) is 0.263. The number of esters is 1. The van der Waals surface area contributed by atoms with Crippen LogP contribution in [0.5, 0.6) is 5.75 Å². The average Bonchev–Trinajstić information content (AvgIpc) is 2.60. The number of hydrogen-bond acceptors (Lipinski definition) is 4. The van der Waals surface area contributed by atoms with Crippen LogP contribution in [0.2, 0.25) is 0 Å². The molecular formula is C19H21NO4. The van der Waals surface area contributed by atoms with Gasteiger partial charge in [0.25, 0.3) is 5.91 Å². The summed E-state index contributed by atoms with van der Waals surface area (Å²) in [5.41, 5.74) is 2.95. The first-order valence-corrected chi connectivity index (χ1v) is 7.68. The van der Waals surface area contributed by atoms with E-state index in [2.05, 4.69) is 5.32 Å². The van der Waals surface area contributed by atoms with Crippen LogP contribution in [0.3, 0.4) is 0 Å². The summed E-state index contributed by atoms with van der Waals surface area (Å²) >= 11 is 0. The van der Waals surface area contributed by atoms with Crippen LogP contribution in [-0.2, 0) is 27.3 Å². The Morgan fingerprint density at radius 3 is 2.42 bits per heavy atom. The Hall–Kier alpha value is -2.82. The van der Waals surface area contributed by atoms with Crippen molar-refractivity contribution in [2.45, 2.75) is 19.9 Å². The van der Waals surface area contributed by atoms with Crippen LogP contribution in [-0.4, -0.2) is 25.6 Å². The molecule has 0 heterocycles. The van der Waals surface area contributed by atoms with Gasteiger partial charge in [0.15, 0.2) is 6.61 Å². The number of aryl methyl sites for hydroxylation is 1. The Morgan fingerprint density at radius 1 is 1.04 bits per heavy atom. The lowest BCUT2D eigenvalue weighted by atomic mass is 10.1. The molecule has 0 radical (unpaired) electrons. The zero-order chi connectivity index (χ0) is 17.4. The van der Waals surface area contributed by atoms with Crippen molar-refractivity contribution in [3.8, 4) is 5.75 Å². The Morgan fingerprint density at radius 2 is 1.75 bits per heavy atom. The molecule has 5 heteroatoms. The number of carbonyl (C=O) groups excluding carboxylic acids is 2. The topological polar surface area (TPSA) is 64.6 Å². The molecule has 0 bridgehead atoms. The Balaban J connectivity index is 1.72. The second-order valence-electron chi connectivity index (χ2n) is 5.39. The van der Waals surface area contributed by atoms with E-state index in [1.807, 2.05) is 31.2 Å². The van der Waals surface area contributed by atoms with Gasteiger partial charge in [-0.3, -0.25) is 9.59 Å². The van der Waals surface area contributed by atoms with Crippen LogP contribution >= 0.6 is 0 Å². The van der Waals surface area contributed by atoms with Crippen LogP contribution in [0.1, 0.15) is 16.7 Å². The van der Waals surface area contributed by atoms with Crippen LogP contribution in [0, 0.1) is 6.92 Å². The molecule has 0 saturated carbocycles. The third-order valence-electron chi connectivity index (χ3n) is 3.61. The third-order valence-corrected chi connectivity index (χ3v) is 3.61. The Bertz CT molecular complexity index is 695. The minimum absolute atomic E-state index is 0.120. The molecule has 0 aliphatic rings. The van der Waals surface area contributed by atoms with Gasteiger partial charge >= 0.3 is 5.97 Å². The third kappa shape index (κ3) is 5.43. The highest BCUT2D eigenvalue weighted by Gasteiger charge is 2.09. The van der Waals surface area contributed by atoms with E-state index in [-0.39, 0.29) is 18.9 Å². The SMILES string of the molecule is COc1ccc(CC(=O)OCC(=O)NCc2ccccc2C)cc1. The molecule has 0 saturated heterocycles. The molecule has 0 unspecified atom stereocenters. The molecule has 0 aliphatic carbocycles. The average molecular weight is 327 g/mol. The fourth-order valence-corrected chi connectivity index (χ4v) is 2.16. The largest absolute Gasteiger partial charge is 0.497 e. The van der Waals surface area contributed by atoms with Crippen molar-refractivity contribution in [3.05, 3.63) is 65.2 Å². The first-order chi connectivity index (χ1) is 11.6. The monoisotopic (exact) mass is 327 g/mol. The fourth-order valence-electron chi connectivity index (χ4n) is 2.16. The van der Waals surface area contributed by atoms with Crippen molar-refractivity contribution < 1.29 is 19.1 Å². The molecule has 0 aliphatic heterocycles. The Kier molecular flexibility index (Phi) is 6.37. The summed E-state index contributed by atoms with van der Waals surface area (Å²) in [5.74, 6) is -0.0322. The van der Waals surface area contributed by atoms with Crippen LogP contribution in [0.4, 0.5) is 0 Å². The van der Waals surface area contributed by atoms with E-state index in [0.29, 0.717) is 6.54 Å². The van der Waals surface area contributed by atoms with E-state index in [1.54, 1.807) is 31.4 Å². The first kappa shape index (κ1) is 17.5. The van der Waals surface area contributed by atoms with E-state index < -0.39 is 5.97 Å². The summed E-state index contributed by atoms with van der Waals surface area (Å²) in [7, 11) is 1.58. The van der Waals surface area contributed by atoms with Crippen LogP contribution < -0.4 is 10.1 Å². The predicted octanol–water partition coefficient (Wildman–Crippen LogP) is 2.41. The molecule has 0 spiro atoms. The van der Waals surface area contributed by atoms with Crippen LogP contribution in [0.15, 0.2) is 48.5 Å². The maximum atomic E-state index is 11.8. The van der Waals surface area contributed by atoms with Gasteiger partial charge in [-0.25, -0.2) is 0 Å². The molecule has 2 aromatic carbocycles. The molecule has 0 atom stereocenters. The minimum atomic E-state index is -0.439. The van der Waals surface area contributed by atoms with Gasteiger partial charge in [0.2, 0.25) is 0 Å². The van der Waals surface area contributed by atoms with E-state index >= 15 is 0 Å². The van der Waals surface area contributed by atoms with Gasteiger partial charge < -0.3 is 14.8 Å². The predicted molar refractivity (Wildman–Crippen MR) is 90.7 cm³/mol. The number of benzene rings is 2. The van der Waals surface area contributed by atoms with Crippen molar-refractivity contribution in [3.63, 3.8) is 0 Å². The van der Waals surface area contributed by atoms with Gasteiger partial charge in [-0.15, -0.1) is 0 Å². The highest BCUT2D eigenvalue weighted by molar-refractivity contribution is 5.81. The zero-order valence-electron chi connectivity index (χ0n) is 13.9. The standard InChI is InChI=1S/C19H21NO4/c1-14-5-3-4-6-16(14)12-20-18(21)13-24-19(22)11-15-7-9-17(23-2)10-8-15/h3-10H,11-13H2,1-2H3,(H,20,21). The summed E-state index contributed by atoms with van der Waals surface area (Å²) in [4.78, 5) is 23.5. The van der Waals surface area contributed by atoms with Crippen molar-refractivity contribution in [2.24, 2.45) is 0 Å². The van der Waals surface area contributed by atoms with Crippen molar-refractivity contribution in [1.29, 1.82) is 0 Å². The van der Waals surface area contributed by atoms with E-state index in [0.717, 1.165) is 22.4 Å². The summed E-state index contributed by atoms with van der Waals surface area (Å²) < 4.78 is 10.1. The highest BCUT2D eigenvalue weighted by atomic mass is 16.5. The molecule has 0 fully saturated rings. The minimum Gasteiger partial charge on any atom is -0.497 e. The first-order valence-electron chi connectivity index (χ1n) is 7.68. The molecule has 1 amide bonds. The number of ether oxygens (including phenoxy) is 2. The summed E-state index contributed by atoms with van der Waals surface area (Å²) in [6.45, 7) is 2.12. The zero-order valence-corrected chi connectivity index (χ0v) is 13.9. The smallest absolute Gasteiger partial charge is 0.310 e. The van der Waals surface area contributed by atoms with Gasteiger partial charge in [-0.05, 0) is 35.7 Å². The van der Waals surface area contributed by atoms with Crippen molar-refractivity contribution >= 4 is 11.9 Å². The quantitative estimate of drug-likeness (QED) is 0.793. The van der Waals surface area contributed by atoms with Gasteiger partial charge in [0, 0.05) is 6.54 Å². The molecule has 1 N–H and O–H groups in total. The second-order valence-corrected chi connectivity index (χ2v) is 5.39. The van der Waals surface area contributed by atoms with Crippen LogP contribution in [0.25, 0.3) is 0 Å². The molecule has 126 valence electrons. The number of amides is 1. The summed E-state index contributed by atoms with van der Waals surface area (Å²) in [5, 5.41) is 2.74. The lowest BCUT2D eigenvalue weighted by molar-refractivity contribution is -0.147. The normalized spacial score (nSPS) is 10.1. The lowest BCUT2D eigenvalue weighted by Gasteiger charge is -2.09. The summed E-state index contributed by atoms with van der Waals surface area (Å²) in [6.07, 6.45) is 0.120. The number of nitrogens with one attached hydrogen (secondary N) is 1. The Labute approximate surface area is 141 Å². The maximum Gasteiger partial charge on any atom is 0.310 e. The van der Waals surface area contributed by atoms with E-state index in [1.165, 1.54) is 0 Å². The van der Waals surface area contributed by atoms with Gasteiger partial charge in [0.05, 0.1) is 13.5 Å². The maximum absolute atomic E-state index is 11.8.